The summed E-state index contributed by atoms with van der Waals surface area (Å²) >= 11 is 1.72. The minimum atomic E-state index is -0.552. The first-order chi connectivity index (χ1) is 13.0. The molecule has 3 rings (SSSR count). The Kier molecular flexibility index (Phi) is 6.58. The highest BCUT2D eigenvalue weighted by molar-refractivity contribution is 7.99. The SMILES string of the molecule is CCOC(=O)COC(=O)C(C)c1ccc2c(c1)SC[C@@H]1CCCC[C@H]1C2=O. The average molecular weight is 391 g/mol. The molecule has 1 saturated carbocycles. The Morgan fingerprint density at radius 2 is 2.00 bits per heavy atom. The summed E-state index contributed by atoms with van der Waals surface area (Å²) in [5.74, 6) is 0.277. The maximum atomic E-state index is 13.0. The number of carbonyl (C=O) groups excluding carboxylic acids is 3. The molecule has 3 atom stereocenters. The van der Waals surface area contributed by atoms with Crippen molar-refractivity contribution < 1.29 is 23.9 Å². The molecule has 1 fully saturated rings. The lowest BCUT2D eigenvalue weighted by molar-refractivity contribution is -0.159. The zero-order valence-electron chi connectivity index (χ0n) is 15.9. The number of rotatable bonds is 5. The number of Topliss-reactive ketones (excluding diaryl/α,β-unsaturated/α-hetero) is 1. The van der Waals surface area contributed by atoms with Gasteiger partial charge in [-0.25, -0.2) is 4.79 Å². The summed E-state index contributed by atoms with van der Waals surface area (Å²) in [7, 11) is 0. The van der Waals surface area contributed by atoms with Crippen LogP contribution in [-0.2, 0) is 19.1 Å². The molecule has 146 valence electrons. The number of hydrogen-bond acceptors (Lipinski definition) is 6. The van der Waals surface area contributed by atoms with E-state index in [1.807, 2.05) is 18.2 Å². The van der Waals surface area contributed by atoms with E-state index in [1.54, 1.807) is 25.6 Å². The van der Waals surface area contributed by atoms with E-state index in [4.69, 9.17) is 9.47 Å². The van der Waals surface area contributed by atoms with Gasteiger partial charge < -0.3 is 9.47 Å². The molecular weight excluding hydrogens is 364 g/mol. The number of ether oxygens (including phenoxy) is 2. The van der Waals surface area contributed by atoms with Gasteiger partial charge in [0, 0.05) is 22.1 Å². The molecule has 0 bridgehead atoms. The molecule has 2 aliphatic rings. The van der Waals surface area contributed by atoms with Crippen molar-refractivity contribution >= 4 is 29.5 Å². The standard InChI is InChI=1S/C21H26O5S/c1-3-25-19(22)11-26-21(24)13(2)14-8-9-17-18(10-14)27-12-15-6-4-5-7-16(15)20(17)23/h8-10,13,15-16H,3-7,11-12H2,1-2H3/t13?,15-,16+/m0/s1. The van der Waals surface area contributed by atoms with Crippen LogP contribution in [0.4, 0.5) is 0 Å². The van der Waals surface area contributed by atoms with Crippen LogP contribution in [0.5, 0.6) is 0 Å². The molecule has 0 saturated heterocycles. The number of benzene rings is 1. The van der Waals surface area contributed by atoms with Crippen molar-refractivity contribution in [1.29, 1.82) is 0 Å². The van der Waals surface area contributed by atoms with Crippen molar-refractivity contribution in [2.45, 2.75) is 50.3 Å². The van der Waals surface area contributed by atoms with Crippen LogP contribution in [0.15, 0.2) is 23.1 Å². The van der Waals surface area contributed by atoms with Crippen molar-refractivity contribution in [3.8, 4) is 0 Å². The first kappa shape index (κ1) is 19.9. The van der Waals surface area contributed by atoms with Gasteiger partial charge in [0.2, 0.25) is 0 Å². The van der Waals surface area contributed by atoms with Crippen molar-refractivity contribution in [2.24, 2.45) is 11.8 Å². The van der Waals surface area contributed by atoms with Gasteiger partial charge in [-0.3, -0.25) is 9.59 Å². The van der Waals surface area contributed by atoms with Crippen molar-refractivity contribution in [3.05, 3.63) is 29.3 Å². The van der Waals surface area contributed by atoms with Gasteiger partial charge in [-0.2, -0.15) is 0 Å². The van der Waals surface area contributed by atoms with Crippen LogP contribution in [0.2, 0.25) is 0 Å². The second-order valence-corrected chi connectivity index (χ2v) is 8.28. The Bertz CT molecular complexity index is 729. The predicted molar refractivity (Wildman–Crippen MR) is 103 cm³/mol. The van der Waals surface area contributed by atoms with Crippen LogP contribution < -0.4 is 0 Å². The molecule has 0 aromatic heterocycles. The van der Waals surface area contributed by atoms with Gasteiger partial charge in [0.25, 0.3) is 0 Å². The Labute approximate surface area is 164 Å². The highest BCUT2D eigenvalue weighted by Gasteiger charge is 2.35. The van der Waals surface area contributed by atoms with E-state index in [2.05, 4.69) is 0 Å². The molecule has 0 amide bonds. The topological polar surface area (TPSA) is 69.7 Å². The maximum absolute atomic E-state index is 13.0. The van der Waals surface area contributed by atoms with E-state index in [1.165, 1.54) is 6.42 Å². The van der Waals surface area contributed by atoms with Gasteiger partial charge in [-0.1, -0.05) is 18.9 Å². The molecule has 1 unspecified atom stereocenters. The third kappa shape index (κ3) is 4.54. The van der Waals surface area contributed by atoms with E-state index in [0.29, 0.717) is 5.92 Å². The molecule has 5 nitrogen and oxygen atoms in total. The number of thioether (sulfide) groups is 1. The van der Waals surface area contributed by atoms with Crippen LogP contribution in [-0.4, -0.2) is 36.7 Å². The summed E-state index contributed by atoms with van der Waals surface area (Å²) in [5, 5.41) is 0. The summed E-state index contributed by atoms with van der Waals surface area (Å²) in [5.41, 5.74) is 1.58. The largest absolute Gasteiger partial charge is 0.463 e. The van der Waals surface area contributed by atoms with Crippen LogP contribution in [0, 0.1) is 11.8 Å². The van der Waals surface area contributed by atoms with E-state index < -0.39 is 17.9 Å². The monoisotopic (exact) mass is 390 g/mol. The van der Waals surface area contributed by atoms with Gasteiger partial charge in [-0.05, 0) is 50.3 Å². The molecule has 1 aliphatic heterocycles. The van der Waals surface area contributed by atoms with Gasteiger partial charge >= 0.3 is 11.9 Å². The zero-order valence-corrected chi connectivity index (χ0v) is 16.7. The molecule has 1 heterocycles. The summed E-state index contributed by atoms with van der Waals surface area (Å²) < 4.78 is 9.82. The van der Waals surface area contributed by atoms with E-state index in [9.17, 15) is 14.4 Å². The maximum Gasteiger partial charge on any atom is 0.344 e. The Balaban J connectivity index is 1.72. The molecule has 0 N–H and O–H groups in total. The van der Waals surface area contributed by atoms with Crippen molar-refractivity contribution in [1.82, 2.24) is 0 Å². The lowest BCUT2D eigenvalue weighted by atomic mass is 9.76. The fourth-order valence-corrected chi connectivity index (χ4v) is 5.21. The van der Waals surface area contributed by atoms with Crippen LogP contribution in [0.1, 0.15) is 61.4 Å². The Morgan fingerprint density at radius 1 is 1.22 bits per heavy atom. The highest BCUT2D eigenvalue weighted by atomic mass is 32.2. The number of fused-ring (bicyclic) bond motifs is 2. The predicted octanol–water partition coefficient (Wildman–Crippen LogP) is 3.99. The van der Waals surface area contributed by atoms with Gasteiger partial charge in [0.15, 0.2) is 12.4 Å². The van der Waals surface area contributed by atoms with E-state index in [0.717, 1.165) is 41.0 Å². The highest BCUT2D eigenvalue weighted by Crippen LogP contribution is 2.42. The molecule has 0 spiro atoms. The first-order valence-electron chi connectivity index (χ1n) is 9.64. The fourth-order valence-electron chi connectivity index (χ4n) is 3.87. The summed E-state index contributed by atoms with van der Waals surface area (Å²) in [4.78, 5) is 37.5. The Hall–Kier alpha value is -1.82. The number of hydrogen-bond donors (Lipinski definition) is 0. The molecular formula is C21H26O5S. The lowest BCUT2D eigenvalue weighted by Gasteiger charge is -2.28. The normalized spacial score (nSPS) is 22.8. The van der Waals surface area contributed by atoms with Crippen LogP contribution in [0.3, 0.4) is 0 Å². The third-order valence-corrected chi connectivity index (χ3v) is 6.70. The minimum absolute atomic E-state index is 0.144. The van der Waals surface area contributed by atoms with Crippen LogP contribution >= 0.6 is 11.8 Å². The molecule has 0 radical (unpaired) electrons. The fraction of sp³-hybridized carbons (Fsp3) is 0.571. The number of esters is 2. The van der Waals surface area contributed by atoms with Crippen molar-refractivity contribution in [3.63, 3.8) is 0 Å². The van der Waals surface area contributed by atoms with E-state index in [-0.39, 0.29) is 24.9 Å². The Morgan fingerprint density at radius 3 is 2.78 bits per heavy atom. The van der Waals surface area contributed by atoms with Gasteiger partial charge in [0.1, 0.15) is 0 Å². The van der Waals surface area contributed by atoms with Gasteiger partial charge in [0.05, 0.1) is 12.5 Å². The van der Waals surface area contributed by atoms with Crippen LogP contribution in [0.25, 0.3) is 0 Å². The second-order valence-electron chi connectivity index (χ2n) is 7.22. The van der Waals surface area contributed by atoms with Gasteiger partial charge in [-0.15, -0.1) is 11.8 Å². The number of ketones is 1. The average Bonchev–Trinajstić information content (AvgIpc) is 2.82. The summed E-state index contributed by atoms with van der Waals surface area (Å²) in [6.07, 6.45) is 4.46. The minimum Gasteiger partial charge on any atom is -0.463 e. The zero-order chi connectivity index (χ0) is 19.4. The van der Waals surface area contributed by atoms with E-state index >= 15 is 0 Å². The smallest absolute Gasteiger partial charge is 0.344 e. The molecule has 27 heavy (non-hydrogen) atoms. The molecule has 1 aromatic carbocycles. The quantitative estimate of drug-likeness (QED) is 0.708. The first-order valence-corrected chi connectivity index (χ1v) is 10.6. The molecule has 6 heteroatoms. The van der Waals surface area contributed by atoms with Crippen molar-refractivity contribution in [2.75, 3.05) is 19.0 Å². The lowest BCUT2D eigenvalue weighted by Crippen LogP contribution is -2.27. The molecule has 1 aliphatic carbocycles. The second kappa shape index (κ2) is 8.91. The summed E-state index contributed by atoms with van der Waals surface area (Å²) in [6.45, 7) is 3.33. The molecule has 1 aromatic rings. The summed E-state index contributed by atoms with van der Waals surface area (Å²) in [6, 6.07) is 5.62. The number of carbonyl (C=O) groups is 3. The third-order valence-electron chi connectivity index (χ3n) is 5.46.